The zero-order valence-electron chi connectivity index (χ0n) is 17.1. The van der Waals surface area contributed by atoms with E-state index < -0.39 is 0 Å². The average molecular weight is 472 g/mol. The van der Waals surface area contributed by atoms with E-state index in [0.717, 1.165) is 38.2 Å². The minimum Gasteiger partial charge on any atom is -0.318 e. The summed E-state index contributed by atoms with van der Waals surface area (Å²) in [5, 5.41) is 3.10. The summed E-state index contributed by atoms with van der Waals surface area (Å²) in [5.41, 5.74) is 6.34. The maximum Gasteiger partial charge on any atom is 0.322 e. The third-order valence-corrected chi connectivity index (χ3v) is 6.28. The molecule has 4 nitrogen and oxygen atoms in total. The summed E-state index contributed by atoms with van der Waals surface area (Å²) in [6.07, 6.45) is 2.08. The normalized spacial score (nSPS) is 15.0. The second-order valence-corrected chi connectivity index (χ2v) is 8.67. The van der Waals surface area contributed by atoms with Gasteiger partial charge in [-0.15, -0.1) is 0 Å². The fourth-order valence-electron chi connectivity index (χ4n) is 4.32. The molecule has 4 aromatic rings. The smallest absolute Gasteiger partial charge is 0.318 e. The van der Waals surface area contributed by atoms with Crippen LogP contribution in [-0.4, -0.2) is 15.5 Å². The third-order valence-electron chi connectivity index (χ3n) is 5.78. The lowest BCUT2D eigenvalue weighted by Gasteiger charge is -2.32. The van der Waals surface area contributed by atoms with Crippen LogP contribution in [0.25, 0.3) is 5.69 Å². The molecule has 1 aliphatic heterocycles. The number of hydrogen-bond donors (Lipinski definition) is 1. The lowest BCUT2D eigenvalue weighted by atomic mass is 9.97. The topological polar surface area (TPSA) is 37.3 Å². The van der Waals surface area contributed by atoms with E-state index in [0.29, 0.717) is 6.54 Å². The van der Waals surface area contributed by atoms with E-state index in [1.54, 1.807) is 0 Å². The van der Waals surface area contributed by atoms with E-state index in [1.165, 1.54) is 0 Å². The highest BCUT2D eigenvalue weighted by atomic mass is 79.9. The molecule has 0 radical (unpaired) electrons. The Hall–Kier alpha value is -3.31. The first-order valence-corrected chi connectivity index (χ1v) is 11.1. The molecule has 154 valence electrons. The molecule has 0 fully saturated rings. The van der Waals surface area contributed by atoms with Crippen LogP contribution in [0, 0.1) is 6.92 Å². The molecule has 0 bridgehead atoms. The van der Waals surface area contributed by atoms with Crippen molar-refractivity contribution in [2.24, 2.45) is 0 Å². The molecule has 5 rings (SSSR count). The van der Waals surface area contributed by atoms with E-state index in [1.807, 2.05) is 59.5 Å². The van der Waals surface area contributed by atoms with Crippen molar-refractivity contribution in [3.63, 3.8) is 0 Å². The minimum absolute atomic E-state index is 0.129. The third kappa shape index (κ3) is 3.66. The van der Waals surface area contributed by atoms with Gasteiger partial charge < -0.3 is 14.8 Å². The highest BCUT2D eigenvalue weighted by Crippen LogP contribution is 2.38. The van der Waals surface area contributed by atoms with Gasteiger partial charge in [-0.2, -0.15) is 0 Å². The van der Waals surface area contributed by atoms with Crippen LogP contribution in [0.15, 0.2) is 95.6 Å². The molecule has 0 aliphatic carbocycles. The van der Waals surface area contributed by atoms with Crippen LogP contribution in [0.3, 0.4) is 0 Å². The largest absolute Gasteiger partial charge is 0.322 e. The molecule has 0 saturated heterocycles. The first-order valence-electron chi connectivity index (χ1n) is 10.3. The number of carbonyl (C=O) groups is 1. The van der Waals surface area contributed by atoms with Crippen molar-refractivity contribution in [2.45, 2.75) is 19.5 Å². The van der Waals surface area contributed by atoms with Crippen molar-refractivity contribution in [3.8, 4) is 5.69 Å². The van der Waals surface area contributed by atoms with Gasteiger partial charge in [-0.3, -0.25) is 0 Å². The lowest BCUT2D eigenvalue weighted by molar-refractivity contribution is 0.194. The number of aromatic nitrogens is 1. The number of aryl methyl sites for hydroxylation is 1. The van der Waals surface area contributed by atoms with Gasteiger partial charge in [-0.25, -0.2) is 4.79 Å². The number of anilines is 1. The first kappa shape index (κ1) is 19.6. The fourth-order valence-corrected chi connectivity index (χ4v) is 4.72. The van der Waals surface area contributed by atoms with E-state index in [2.05, 4.69) is 69.3 Å². The maximum absolute atomic E-state index is 13.7. The van der Waals surface area contributed by atoms with Gasteiger partial charge in [0, 0.05) is 22.1 Å². The van der Waals surface area contributed by atoms with Gasteiger partial charge in [0.25, 0.3) is 0 Å². The van der Waals surface area contributed by atoms with E-state index in [9.17, 15) is 4.79 Å². The van der Waals surface area contributed by atoms with Crippen molar-refractivity contribution < 1.29 is 4.79 Å². The van der Waals surface area contributed by atoms with Crippen LogP contribution in [0.2, 0.25) is 0 Å². The minimum atomic E-state index is -0.212. The molecule has 3 aromatic carbocycles. The molecule has 0 saturated carbocycles. The number of carbonyl (C=O) groups excluding carboxylic acids is 1. The van der Waals surface area contributed by atoms with Gasteiger partial charge in [0.1, 0.15) is 6.04 Å². The second-order valence-electron chi connectivity index (χ2n) is 7.76. The Bertz CT molecular complexity index is 1260. The number of amides is 2. The summed E-state index contributed by atoms with van der Waals surface area (Å²) >= 11 is 3.49. The van der Waals surface area contributed by atoms with Gasteiger partial charge in [0.05, 0.1) is 12.2 Å². The van der Waals surface area contributed by atoms with Crippen molar-refractivity contribution in [2.75, 3.05) is 5.32 Å². The molecule has 1 N–H and O–H groups in total. The summed E-state index contributed by atoms with van der Waals surface area (Å²) in [7, 11) is 0. The Balaban J connectivity index is 1.65. The molecular weight excluding hydrogens is 450 g/mol. The van der Waals surface area contributed by atoms with E-state index in [-0.39, 0.29) is 12.1 Å². The monoisotopic (exact) mass is 471 g/mol. The van der Waals surface area contributed by atoms with E-state index in [4.69, 9.17) is 0 Å². The number of para-hydroxylation sites is 1. The Morgan fingerprint density at radius 3 is 2.61 bits per heavy atom. The number of fused-ring (bicyclic) bond motifs is 3. The summed E-state index contributed by atoms with van der Waals surface area (Å²) in [6, 6.07) is 28.1. The SMILES string of the molecule is Cc1ccccc1[C@@H]1c2cccn2-c2ccccc2CN1C(=O)Nc1cccc(Br)c1. The number of benzene rings is 3. The summed E-state index contributed by atoms with van der Waals surface area (Å²) in [4.78, 5) is 15.6. The molecule has 0 spiro atoms. The van der Waals surface area contributed by atoms with Crippen LogP contribution < -0.4 is 5.32 Å². The van der Waals surface area contributed by atoms with Crippen molar-refractivity contribution in [1.82, 2.24) is 9.47 Å². The number of rotatable bonds is 2. The number of halogens is 1. The Labute approximate surface area is 190 Å². The summed E-state index contributed by atoms with van der Waals surface area (Å²) in [5.74, 6) is 0. The zero-order chi connectivity index (χ0) is 21.4. The second kappa shape index (κ2) is 8.08. The predicted molar refractivity (Wildman–Crippen MR) is 127 cm³/mol. The maximum atomic E-state index is 13.7. The Morgan fingerprint density at radius 2 is 1.77 bits per heavy atom. The van der Waals surface area contributed by atoms with Crippen LogP contribution in [0.1, 0.15) is 28.4 Å². The standard InChI is InChI=1S/C26H22BrN3O/c1-18-8-2-4-12-22(18)25-24-14-7-15-29(24)23-13-5-3-9-19(23)17-30(25)26(31)28-21-11-6-10-20(27)16-21/h2-16,25H,17H2,1H3,(H,28,31)/t25-/m1/s1. The van der Waals surface area contributed by atoms with Crippen LogP contribution in [0.4, 0.5) is 10.5 Å². The average Bonchev–Trinajstić information content (AvgIpc) is 3.19. The predicted octanol–water partition coefficient (Wildman–Crippen LogP) is 6.69. The highest BCUT2D eigenvalue weighted by molar-refractivity contribution is 9.10. The summed E-state index contributed by atoms with van der Waals surface area (Å²) in [6.45, 7) is 2.61. The van der Waals surface area contributed by atoms with E-state index >= 15 is 0 Å². The number of urea groups is 1. The highest BCUT2D eigenvalue weighted by Gasteiger charge is 2.33. The van der Waals surface area contributed by atoms with Gasteiger partial charge in [0.15, 0.2) is 0 Å². The summed E-state index contributed by atoms with van der Waals surface area (Å²) < 4.78 is 3.13. The van der Waals surface area contributed by atoms with Crippen molar-refractivity contribution in [3.05, 3.63) is 118 Å². The van der Waals surface area contributed by atoms with Gasteiger partial charge in [0.2, 0.25) is 0 Å². The van der Waals surface area contributed by atoms with Crippen LogP contribution in [-0.2, 0) is 6.54 Å². The molecule has 1 aliphatic rings. The number of hydrogen-bond acceptors (Lipinski definition) is 1. The molecular formula is C26H22BrN3O. The van der Waals surface area contributed by atoms with Gasteiger partial charge in [-0.05, 0) is 60.0 Å². The molecule has 1 atom stereocenters. The number of nitrogens with zero attached hydrogens (tertiary/aromatic N) is 2. The quantitative estimate of drug-likeness (QED) is 0.347. The fraction of sp³-hybridized carbons (Fsp3) is 0.115. The van der Waals surface area contributed by atoms with Crippen molar-refractivity contribution >= 4 is 27.6 Å². The zero-order valence-corrected chi connectivity index (χ0v) is 18.7. The molecule has 5 heteroatoms. The molecule has 2 amide bonds. The molecule has 31 heavy (non-hydrogen) atoms. The van der Waals surface area contributed by atoms with Crippen LogP contribution >= 0.6 is 15.9 Å². The Morgan fingerprint density at radius 1 is 0.968 bits per heavy atom. The lowest BCUT2D eigenvalue weighted by Crippen LogP contribution is -2.38. The molecule has 0 unspecified atom stereocenters. The molecule has 2 heterocycles. The Kier molecular flexibility index (Phi) is 5.12. The van der Waals surface area contributed by atoms with Gasteiger partial charge in [-0.1, -0.05) is 64.5 Å². The molecule has 1 aromatic heterocycles. The number of nitrogens with one attached hydrogen (secondary N) is 1. The van der Waals surface area contributed by atoms with Crippen LogP contribution in [0.5, 0.6) is 0 Å². The first-order chi connectivity index (χ1) is 15.1. The van der Waals surface area contributed by atoms with Gasteiger partial charge >= 0.3 is 6.03 Å². The van der Waals surface area contributed by atoms with Crippen molar-refractivity contribution in [1.29, 1.82) is 0 Å².